The van der Waals surface area contributed by atoms with Crippen molar-refractivity contribution in [2.45, 2.75) is 0 Å². The Kier molecular flexibility index (Phi) is 4.73. The number of nitrogens with zero attached hydrogens (tertiary/aromatic N) is 1. The van der Waals surface area contributed by atoms with Gasteiger partial charge in [-0.25, -0.2) is 4.79 Å². The van der Waals surface area contributed by atoms with E-state index in [0.717, 1.165) is 0 Å². The summed E-state index contributed by atoms with van der Waals surface area (Å²) >= 11 is 0. The van der Waals surface area contributed by atoms with Crippen LogP contribution in [0.5, 0.6) is 0 Å². The normalized spacial score (nSPS) is 9.00. The minimum Gasteiger partial charge on any atom is -0.209 e. The van der Waals surface area contributed by atoms with Crippen LogP contribution in [0.4, 0.5) is 0 Å². The third kappa shape index (κ3) is 3.67. The minimum absolute atomic E-state index is 0.537. The molecule has 0 aliphatic carbocycles. The van der Waals surface area contributed by atoms with Crippen molar-refractivity contribution in [3.8, 4) is 0 Å². The Morgan fingerprint density at radius 3 is 2.00 bits per heavy atom. The van der Waals surface area contributed by atoms with Gasteiger partial charge in [0.15, 0.2) is 13.1 Å². The van der Waals surface area contributed by atoms with E-state index in [1.807, 2.05) is 0 Å². The van der Waals surface area contributed by atoms with Crippen molar-refractivity contribution >= 4 is 6.41 Å². The molecule has 0 unspecified atom stereocenters. The molecule has 0 aliphatic rings. The first-order chi connectivity index (χ1) is 4.35. The zero-order valence-corrected chi connectivity index (χ0v) is 5.34. The first-order valence-electron chi connectivity index (χ1n) is 2.69. The fourth-order valence-corrected chi connectivity index (χ4v) is 0.461. The molecule has 1 amide bonds. The van der Waals surface area contributed by atoms with Gasteiger partial charge < -0.3 is 0 Å². The van der Waals surface area contributed by atoms with E-state index in [4.69, 9.17) is 0 Å². The van der Waals surface area contributed by atoms with E-state index >= 15 is 0 Å². The van der Waals surface area contributed by atoms with Gasteiger partial charge in [0.2, 0.25) is 0 Å². The topological polar surface area (TPSA) is 23.0 Å². The zero-order chi connectivity index (χ0) is 7.11. The smallest absolute Gasteiger partial charge is 0.209 e. The Labute approximate surface area is 55.5 Å². The van der Waals surface area contributed by atoms with Crippen LogP contribution in [0.15, 0.2) is 25.3 Å². The number of amides is 1. The molecule has 0 heterocycles. The van der Waals surface area contributed by atoms with Crippen molar-refractivity contribution in [3.63, 3.8) is 0 Å². The maximum absolute atomic E-state index is 9.99. The summed E-state index contributed by atoms with van der Waals surface area (Å²) in [5, 5.41) is 0. The highest BCUT2D eigenvalue weighted by atomic mass is 16.1. The third-order valence-electron chi connectivity index (χ3n) is 0.828. The van der Waals surface area contributed by atoms with Gasteiger partial charge in [0.25, 0.3) is 0 Å². The molecule has 0 aliphatic heterocycles. The molecule has 0 saturated heterocycles. The molecule has 0 aromatic heterocycles. The highest BCUT2D eigenvalue weighted by Gasteiger charge is 2.08. The SMILES string of the molecule is C=CC[N+]([C]=O)CC=C. The second kappa shape index (κ2) is 5.25. The lowest BCUT2D eigenvalue weighted by Crippen LogP contribution is -2.28. The van der Waals surface area contributed by atoms with Gasteiger partial charge in [0.1, 0.15) is 0 Å². The quantitative estimate of drug-likeness (QED) is 0.298. The Morgan fingerprint density at radius 2 is 1.78 bits per heavy atom. The molecule has 0 N–H and O–H groups in total. The second-order valence-electron chi connectivity index (χ2n) is 1.57. The van der Waals surface area contributed by atoms with E-state index in [0.29, 0.717) is 13.1 Å². The van der Waals surface area contributed by atoms with E-state index in [9.17, 15) is 4.79 Å². The summed E-state index contributed by atoms with van der Waals surface area (Å²) < 4.78 is 0. The molecular weight excluding hydrogens is 114 g/mol. The summed E-state index contributed by atoms with van der Waals surface area (Å²) in [5.74, 6) is 0. The Hall–Kier alpha value is -0.890. The molecule has 48 valence electrons. The van der Waals surface area contributed by atoms with Crippen molar-refractivity contribution in [2.24, 2.45) is 0 Å². The third-order valence-corrected chi connectivity index (χ3v) is 0.828. The van der Waals surface area contributed by atoms with Gasteiger partial charge in [0.05, 0.1) is 0 Å². The number of hydrogen-bond acceptors (Lipinski definition) is 1. The van der Waals surface area contributed by atoms with Gasteiger partial charge in [-0.3, -0.25) is 0 Å². The number of hydrogen-bond donors (Lipinski definition) is 0. The monoisotopic (exact) mass is 124 g/mol. The Balaban J connectivity index is 3.51. The molecule has 2 radical (unpaired) electrons. The van der Waals surface area contributed by atoms with Gasteiger partial charge in [-0.1, -0.05) is 18.1 Å². The predicted octanol–water partition coefficient (Wildman–Crippen LogP) is 0.566. The summed E-state index contributed by atoms with van der Waals surface area (Å²) in [6.45, 7) is 8.03. The van der Waals surface area contributed by atoms with Crippen LogP contribution in [-0.2, 0) is 4.79 Å². The molecule has 0 aromatic rings. The van der Waals surface area contributed by atoms with Crippen LogP contribution in [0.3, 0.4) is 0 Å². The molecule has 0 atom stereocenters. The van der Waals surface area contributed by atoms with Crippen LogP contribution in [0.25, 0.3) is 0 Å². The molecule has 0 bridgehead atoms. The molecule has 9 heavy (non-hydrogen) atoms. The average Bonchev–Trinajstić information content (AvgIpc) is 1.88. The average molecular weight is 124 g/mol. The van der Waals surface area contributed by atoms with E-state index < -0.39 is 0 Å². The van der Waals surface area contributed by atoms with Gasteiger partial charge in [-0.15, -0.1) is 0 Å². The lowest BCUT2D eigenvalue weighted by molar-refractivity contribution is 0.506. The van der Waals surface area contributed by atoms with Crippen LogP contribution in [0.1, 0.15) is 0 Å². The summed E-state index contributed by atoms with van der Waals surface area (Å²) in [7, 11) is 0. The Bertz CT molecular complexity index is 99.5. The molecule has 0 rings (SSSR count). The molecule has 0 spiro atoms. The first-order valence-corrected chi connectivity index (χ1v) is 2.69. The largest absolute Gasteiger partial charge is 0.495 e. The summed E-state index contributed by atoms with van der Waals surface area (Å²) in [6.07, 6.45) is 5.04. The Morgan fingerprint density at radius 1 is 1.33 bits per heavy atom. The van der Waals surface area contributed by atoms with Gasteiger partial charge >= 0.3 is 6.41 Å². The van der Waals surface area contributed by atoms with Crippen LogP contribution in [0, 0.1) is 0 Å². The fraction of sp³-hybridized carbons (Fsp3) is 0.286. The van der Waals surface area contributed by atoms with Crippen LogP contribution >= 0.6 is 0 Å². The fourth-order valence-electron chi connectivity index (χ4n) is 0.461. The number of carbonyl (C=O) groups excluding carboxylic acids is 1. The lowest BCUT2D eigenvalue weighted by atomic mass is 10.5. The van der Waals surface area contributed by atoms with E-state index in [1.54, 1.807) is 18.6 Å². The molecule has 0 aromatic carbocycles. The maximum Gasteiger partial charge on any atom is 0.495 e. The van der Waals surface area contributed by atoms with Crippen LogP contribution in [0.2, 0.25) is 0 Å². The predicted molar refractivity (Wildman–Crippen MR) is 38.0 cm³/mol. The van der Waals surface area contributed by atoms with E-state index in [-0.39, 0.29) is 0 Å². The van der Waals surface area contributed by atoms with Crippen LogP contribution in [-0.4, -0.2) is 19.5 Å². The highest BCUT2D eigenvalue weighted by Crippen LogP contribution is 1.77. The van der Waals surface area contributed by atoms with Crippen molar-refractivity contribution in [2.75, 3.05) is 13.1 Å². The highest BCUT2D eigenvalue weighted by molar-refractivity contribution is 5.52. The zero-order valence-electron chi connectivity index (χ0n) is 5.34. The lowest BCUT2D eigenvalue weighted by Gasteiger charge is -1.92. The molecule has 2 heteroatoms. The van der Waals surface area contributed by atoms with Crippen molar-refractivity contribution in [1.82, 2.24) is 4.90 Å². The first kappa shape index (κ1) is 8.11. The molecular formula is C7H10NO+. The number of rotatable bonds is 5. The molecule has 2 nitrogen and oxygen atoms in total. The van der Waals surface area contributed by atoms with Crippen molar-refractivity contribution in [1.29, 1.82) is 0 Å². The van der Waals surface area contributed by atoms with Gasteiger partial charge in [-0.2, -0.15) is 0 Å². The van der Waals surface area contributed by atoms with E-state index in [1.165, 1.54) is 4.90 Å². The van der Waals surface area contributed by atoms with Crippen molar-refractivity contribution in [3.05, 3.63) is 25.3 Å². The summed E-state index contributed by atoms with van der Waals surface area (Å²) in [5.41, 5.74) is 0. The standard InChI is InChI=1S/C7H10NO/c1-3-5-8(7-9)6-4-2/h3-4H,1-2,5-6H2/q+1. The maximum atomic E-state index is 9.99. The molecule has 0 saturated carbocycles. The van der Waals surface area contributed by atoms with Crippen molar-refractivity contribution < 1.29 is 4.79 Å². The van der Waals surface area contributed by atoms with Gasteiger partial charge in [-0.05, 0) is 12.2 Å². The van der Waals surface area contributed by atoms with Gasteiger partial charge in [0, 0.05) is 0 Å². The van der Waals surface area contributed by atoms with Crippen LogP contribution < -0.4 is 4.90 Å². The second-order valence-corrected chi connectivity index (χ2v) is 1.57. The molecule has 0 fully saturated rings. The summed E-state index contributed by atoms with van der Waals surface area (Å²) in [6, 6.07) is 0. The minimum atomic E-state index is 0.537. The van der Waals surface area contributed by atoms with E-state index in [2.05, 4.69) is 13.2 Å². The summed E-state index contributed by atoms with van der Waals surface area (Å²) in [4.78, 5) is 11.4.